The maximum absolute atomic E-state index is 6.48. The van der Waals surface area contributed by atoms with Gasteiger partial charge in [0.25, 0.3) is 0 Å². The van der Waals surface area contributed by atoms with Gasteiger partial charge < -0.3 is 10.5 Å². The molecule has 0 radical (unpaired) electrons. The number of imidazole rings is 1. The molecule has 19 heavy (non-hydrogen) atoms. The van der Waals surface area contributed by atoms with Crippen molar-refractivity contribution in [2.24, 2.45) is 5.73 Å². The fraction of sp³-hybridized carbons (Fsp3) is 0.533. The quantitative estimate of drug-likeness (QED) is 0.862. The van der Waals surface area contributed by atoms with Gasteiger partial charge in [-0.25, -0.2) is 4.98 Å². The van der Waals surface area contributed by atoms with E-state index in [0.29, 0.717) is 6.61 Å². The molecule has 0 unspecified atom stereocenters. The zero-order valence-corrected chi connectivity index (χ0v) is 11.2. The molecule has 0 spiro atoms. The number of pyridine rings is 1. The van der Waals surface area contributed by atoms with E-state index in [1.807, 2.05) is 28.8 Å². The fourth-order valence-corrected chi connectivity index (χ4v) is 2.83. The predicted octanol–water partition coefficient (Wildman–Crippen LogP) is 2.76. The average Bonchev–Trinajstić information content (AvgIpc) is 2.80. The van der Waals surface area contributed by atoms with Crippen LogP contribution in [0.25, 0.3) is 5.65 Å². The Morgan fingerprint density at radius 2 is 2.00 bits per heavy atom. The molecule has 1 aliphatic rings. The molecule has 2 N–H and O–H groups in total. The molecule has 0 bridgehead atoms. The normalized spacial score (nSPS) is 19.2. The minimum atomic E-state index is -0.167. The van der Waals surface area contributed by atoms with Crippen molar-refractivity contribution < 1.29 is 4.74 Å². The molecule has 2 aromatic rings. The predicted molar refractivity (Wildman–Crippen MR) is 75.3 cm³/mol. The summed E-state index contributed by atoms with van der Waals surface area (Å²) in [4.78, 5) is 4.26. The number of fused-ring (bicyclic) bond motifs is 1. The van der Waals surface area contributed by atoms with Gasteiger partial charge in [-0.3, -0.25) is 4.40 Å². The Morgan fingerprint density at radius 1 is 1.21 bits per heavy atom. The SMILES string of the molecule is NC1(COc2cccc3nccn23)CCCCCC1. The summed E-state index contributed by atoms with van der Waals surface area (Å²) in [6.45, 7) is 0.588. The molecular formula is C15H21N3O. The van der Waals surface area contributed by atoms with Crippen LogP contribution < -0.4 is 10.5 Å². The highest BCUT2D eigenvalue weighted by atomic mass is 16.5. The standard InChI is InChI=1S/C15H21N3O/c16-15(8-3-1-2-4-9-15)12-19-14-7-5-6-13-17-10-11-18(13)14/h5-7,10-11H,1-4,8-9,12,16H2. The number of rotatable bonds is 3. The number of hydrogen-bond acceptors (Lipinski definition) is 3. The van der Waals surface area contributed by atoms with Crippen LogP contribution in [0.3, 0.4) is 0 Å². The second-order valence-corrected chi connectivity index (χ2v) is 5.58. The van der Waals surface area contributed by atoms with E-state index in [0.717, 1.165) is 24.4 Å². The fourth-order valence-electron chi connectivity index (χ4n) is 2.83. The van der Waals surface area contributed by atoms with Crippen LogP contribution in [-0.2, 0) is 0 Å². The van der Waals surface area contributed by atoms with E-state index in [-0.39, 0.29) is 5.54 Å². The molecule has 1 aliphatic carbocycles. The van der Waals surface area contributed by atoms with Crippen LogP contribution in [0, 0.1) is 0 Å². The van der Waals surface area contributed by atoms with E-state index < -0.39 is 0 Å². The van der Waals surface area contributed by atoms with Gasteiger partial charge in [0, 0.05) is 12.4 Å². The van der Waals surface area contributed by atoms with E-state index in [1.54, 1.807) is 6.20 Å². The highest BCUT2D eigenvalue weighted by Crippen LogP contribution is 2.26. The topological polar surface area (TPSA) is 52.5 Å². The van der Waals surface area contributed by atoms with Gasteiger partial charge in [0.15, 0.2) is 5.88 Å². The smallest absolute Gasteiger partial charge is 0.199 e. The molecule has 4 nitrogen and oxygen atoms in total. The second kappa shape index (κ2) is 5.21. The summed E-state index contributed by atoms with van der Waals surface area (Å²) < 4.78 is 7.93. The Bertz CT molecular complexity index is 541. The Morgan fingerprint density at radius 3 is 2.79 bits per heavy atom. The van der Waals surface area contributed by atoms with Crippen molar-refractivity contribution in [3.63, 3.8) is 0 Å². The zero-order valence-electron chi connectivity index (χ0n) is 11.2. The molecule has 2 heterocycles. The average molecular weight is 259 g/mol. The lowest BCUT2D eigenvalue weighted by atomic mass is 9.93. The first-order valence-electron chi connectivity index (χ1n) is 7.11. The largest absolute Gasteiger partial charge is 0.477 e. The van der Waals surface area contributed by atoms with Crippen molar-refractivity contribution in [3.05, 3.63) is 30.6 Å². The van der Waals surface area contributed by atoms with Crippen LogP contribution in [-0.4, -0.2) is 21.5 Å². The molecule has 2 aromatic heterocycles. The first kappa shape index (κ1) is 12.5. The van der Waals surface area contributed by atoms with E-state index in [9.17, 15) is 0 Å². The summed E-state index contributed by atoms with van der Waals surface area (Å²) in [5, 5.41) is 0. The summed E-state index contributed by atoms with van der Waals surface area (Å²) in [6, 6.07) is 5.90. The Labute approximate surface area is 113 Å². The molecule has 1 saturated carbocycles. The van der Waals surface area contributed by atoms with Crippen molar-refractivity contribution in [1.29, 1.82) is 0 Å². The van der Waals surface area contributed by atoms with Gasteiger partial charge in [0.1, 0.15) is 12.3 Å². The van der Waals surface area contributed by atoms with Crippen molar-refractivity contribution in [3.8, 4) is 5.88 Å². The van der Waals surface area contributed by atoms with Crippen molar-refractivity contribution >= 4 is 5.65 Å². The summed E-state index contributed by atoms with van der Waals surface area (Å²) in [7, 11) is 0. The molecule has 102 valence electrons. The third-order valence-electron chi connectivity index (χ3n) is 4.00. The molecule has 0 saturated heterocycles. The number of hydrogen-bond donors (Lipinski definition) is 1. The maximum Gasteiger partial charge on any atom is 0.199 e. The minimum Gasteiger partial charge on any atom is -0.477 e. The van der Waals surface area contributed by atoms with Gasteiger partial charge in [-0.1, -0.05) is 31.7 Å². The lowest BCUT2D eigenvalue weighted by Gasteiger charge is -2.27. The van der Waals surface area contributed by atoms with Crippen LogP contribution >= 0.6 is 0 Å². The van der Waals surface area contributed by atoms with Crippen LogP contribution in [0.15, 0.2) is 30.6 Å². The molecule has 0 aromatic carbocycles. The zero-order chi connectivity index (χ0) is 13.1. The third kappa shape index (κ3) is 2.73. The summed E-state index contributed by atoms with van der Waals surface area (Å²) >= 11 is 0. The first-order chi connectivity index (χ1) is 9.27. The number of ether oxygens (including phenoxy) is 1. The Kier molecular flexibility index (Phi) is 3.42. The first-order valence-corrected chi connectivity index (χ1v) is 7.11. The lowest BCUT2D eigenvalue weighted by molar-refractivity contribution is 0.192. The Hall–Kier alpha value is -1.55. The third-order valence-corrected chi connectivity index (χ3v) is 4.00. The van der Waals surface area contributed by atoms with Crippen LogP contribution in [0.2, 0.25) is 0 Å². The highest BCUT2D eigenvalue weighted by Gasteiger charge is 2.27. The Balaban J connectivity index is 1.73. The number of nitrogens with zero attached hydrogens (tertiary/aromatic N) is 2. The summed E-state index contributed by atoms with van der Waals surface area (Å²) in [5.41, 5.74) is 7.22. The second-order valence-electron chi connectivity index (χ2n) is 5.58. The molecular weight excluding hydrogens is 238 g/mol. The molecule has 4 heteroatoms. The van der Waals surface area contributed by atoms with E-state index in [1.165, 1.54) is 25.7 Å². The van der Waals surface area contributed by atoms with Crippen LogP contribution in [0.4, 0.5) is 0 Å². The van der Waals surface area contributed by atoms with E-state index >= 15 is 0 Å². The van der Waals surface area contributed by atoms with Gasteiger partial charge in [-0.2, -0.15) is 0 Å². The van der Waals surface area contributed by atoms with Crippen molar-refractivity contribution in [1.82, 2.24) is 9.38 Å². The van der Waals surface area contributed by atoms with Gasteiger partial charge in [0.05, 0.1) is 5.54 Å². The van der Waals surface area contributed by atoms with Crippen molar-refractivity contribution in [2.75, 3.05) is 6.61 Å². The highest BCUT2D eigenvalue weighted by molar-refractivity contribution is 5.41. The molecule has 0 amide bonds. The van der Waals surface area contributed by atoms with Gasteiger partial charge in [-0.15, -0.1) is 0 Å². The number of nitrogens with two attached hydrogens (primary N) is 1. The monoisotopic (exact) mass is 259 g/mol. The van der Waals surface area contributed by atoms with E-state index in [2.05, 4.69) is 4.98 Å². The summed E-state index contributed by atoms with van der Waals surface area (Å²) in [5.74, 6) is 0.823. The van der Waals surface area contributed by atoms with Gasteiger partial charge in [0.2, 0.25) is 0 Å². The maximum atomic E-state index is 6.48. The summed E-state index contributed by atoms with van der Waals surface area (Å²) in [6.07, 6.45) is 10.9. The lowest BCUT2D eigenvalue weighted by Crippen LogP contribution is -2.45. The minimum absolute atomic E-state index is 0.167. The number of aromatic nitrogens is 2. The van der Waals surface area contributed by atoms with Gasteiger partial charge in [-0.05, 0) is 25.0 Å². The van der Waals surface area contributed by atoms with Gasteiger partial charge >= 0.3 is 0 Å². The van der Waals surface area contributed by atoms with Crippen LogP contribution in [0.1, 0.15) is 38.5 Å². The molecule has 0 atom stereocenters. The van der Waals surface area contributed by atoms with Crippen molar-refractivity contribution in [2.45, 2.75) is 44.1 Å². The molecule has 1 fully saturated rings. The molecule has 3 rings (SSSR count). The van der Waals surface area contributed by atoms with E-state index in [4.69, 9.17) is 10.5 Å². The van der Waals surface area contributed by atoms with Crippen LogP contribution in [0.5, 0.6) is 5.88 Å². The molecule has 0 aliphatic heterocycles.